The molecule has 0 bridgehead atoms. The molecule has 5 nitrogen and oxygen atoms in total. The van der Waals surface area contributed by atoms with Crippen molar-refractivity contribution in [3.8, 4) is 5.82 Å². The van der Waals surface area contributed by atoms with E-state index in [1.54, 1.807) is 17.1 Å². The van der Waals surface area contributed by atoms with Crippen molar-refractivity contribution in [3.05, 3.63) is 41.4 Å². The SMILES string of the molecule is Nc1ccc2cnn(-c3ncncc3Br)c2c1. The minimum atomic E-state index is 0.695. The molecule has 2 heterocycles. The number of hydrogen-bond donors (Lipinski definition) is 1. The van der Waals surface area contributed by atoms with E-state index in [0.717, 1.165) is 15.4 Å². The number of halogens is 1. The zero-order chi connectivity index (χ0) is 11.8. The predicted octanol–water partition coefficient (Wildman–Crippen LogP) is 2.16. The predicted molar refractivity (Wildman–Crippen MR) is 68.8 cm³/mol. The second-order valence-electron chi connectivity index (χ2n) is 3.57. The summed E-state index contributed by atoms with van der Waals surface area (Å²) in [7, 11) is 0. The van der Waals surface area contributed by atoms with Gasteiger partial charge < -0.3 is 5.73 Å². The molecule has 84 valence electrons. The molecule has 0 radical (unpaired) electrons. The van der Waals surface area contributed by atoms with E-state index in [2.05, 4.69) is 31.0 Å². The van der Waals surface area contributed by atoms with Crippen LogP contribution >= 0.6 is 15.9 Å². The van der Waals surface area contributed by atoms with Crippen LogP contribution in [0.1, 0.15) is 0 Å². The third-order valence-electron chi connectivity index (χ3n) is 2.44. The van der Waals surface area contributed by atoms with Crippen molar-refractivity contribution in [3.63, 3.8) is 0 Å². The van der Waals surface area contributed by atoms with Crippen LogP contribution in [0.25, 0.3) is 16.7 Å². The summed E-state index contributed by atoms with van der Waals surface area (Å²) < 4.78 is 2.52. The molecule has 6 heteroatoms. The van der Waals surface area contributed by atoms with Crippen LogP contribution in [0.3, 0.4) is 0 Å². The number of benzene rings is 1. The third-order valence-corrected chi connectivity index (χ3v) is 3.00. The fourth-order valence-electron chi connectivity index (χ4n) is 1.67. The van der Waals surface area contributed by atoms with Gasteiger partial charge in [0.05, 0.1) is 16.2 Å². The molecule has 0 fully saturated rings. The zero-order valence-corrected chi connectivity index (χ0v) is 10.3. The van der Waals surface area contributed by atoms with Crippen molar-refractivity contribution in [1.29, 1.82) is 0 Å². The molecule has 0 saturated carbocycles. The molecule has 3 rings (SSSR count). The van der Waals surface area contributed by atoms with Crippen molar-refractivity contribution >= 4 is 32.5 Å². The van der Waals surface area contributed by atoms with Gasteiger partial charge in [-0.2, -0.15) is 5.10 Å². The molecule has 1 aromatic carbocycles. The van der Waals surface area contributed by atoms with Crippen molar-refractivity contribution in [2.75, 3.05) is 5.73 Å². The maximum Gasteiger partial charge on any atom is 0.171 e. The highest BCUT2D eigenvalue weighted by atomic mass is 79.9. The topological polar surface area (TPSA) is 69.6 Å². The van der Waals surface area contributed by atoms with Crippen LogP contribution in [0.5, 0.6) is 0 Å². The molecular weight excluding hydrogens is 282 g/mol. The minimum absolute atomic E-state index is 0.695. The molecule has 17 heavy (non-hydrogen) atoms. The quantitative estimate of drug-likeness (QED) is 0.697. The summed E-state index contributed by atoms with van der Waals surface area (Å²) in [5.41, 5.74) is 7.40. The number of nitrogen functional groups attached to an aromatic ring is 1. The maximum absolute atomic E-state index is 5.78. The van der Waals surface area contributed by atoms with E-state index in [9.17, 15) is 0 Å². The highest BCUT2D eigenvalue weighted by molar-refractivity contribution is 9.10. The lowest BCUT2D eigenvalue weighted by Gasteiger charge is -2.04. The number of hydrogen-bond acceptors (Lipinski definition) is 4. The van der Waals surface area contributed by atoms with Crippen LogP contribution in [0.4, 0.5) is 5.69 Å². The first kappa shape index (κ1) is 10.2. The number of aromatic nitrogens is 4. The molecule has 0 aliphatic rings. The van der Waals surface area contributed by atoms with Crippen LogP contribution in [-0.2, 0) is 0 Å². The van der Waals surface area contributed by atoms with Crippen LogP contribution < -0.4 is 5.73 Å². The number of rotatable bonds is 1. The molecule has 0 amide bonds. The van der Waals surface area contributed by atoms with Gasteiger partial charge in [-0.3, -0.25) is 0 Å². The van der Waals surface area contributed by atoms with E-state index in [0.29, 0.717) is 11.5 Å². The van der Waals surface area contributed by atoms with Gasteiger partial charge in [0.25, 0.3) is 0 Å². The highest BCUT2D eigenvalue weighted by Crippen LogP contribution is 2.23. The molecule has 0 atom stereocenters. The van der Waals surface area contributed by atoms with E-state index < -0.39 is 0 Å². The summed E-state index contributed by atoms with van der Waals surface area (Å²) in [5, 5.41) is 5.33. The standard InChI is InChI=1S/C11H8BrN5/c12-9-5-14-6-15-11(9)17-10-3-8(13)2-1-7(10)4-16-17/h1-6H,13H2. The molecule has 0 unspecified atom stereocenters. The van der Waals surface area contributed by atoms with Crippen LogP contribution in [-0.4, -0.2) is 19.7 Å². The molecular formula is C11H8BrN5. The Bertz CT molecular complexity index is 691. The molecule has 0 aliphatic heterocycles. The zero-order valence-electron chi connectivity index (χ0n) is 8.71. The van der Waals surface area contributed by atoms with Gasteiger partial charge in [-0.1, -0.05) is 0 Å². The summed E-state index contributed by atoms with van der Waals surface area (Å²) in [4.78, 5) is 8.13. The second kappa shape index (κ2) is 3.81. The molecule has 2 N–H and O–H groups in total. The van der Waals surface area contributed by atoms with E-state index in [1.807, 2.05) is 18.2 Å². The molecule has 0 saturated heterocycles. The lowest BCUT2D eigenvalue weighted by molar-refractivity contribution is 0.859. The van der Waals surface area contributed by atoms with Gasteiger partial charge in [0, 0.05) is 17.3 Å². The maximum atomic E-state index is 5.78. The average molecular weight is 290 g/mol. The van der Waals surface area contributed by atoms with E-state index in [-0.39, 0.29) is 0 Å². The third kappa shape index (κ3) is 1.66. The van der Waals surface area contributed by atoms with Gasteiger partial charge in [0.1, 0.15) is 6.33 Å². The Labute approximate surface area is 105 Å². The Morgan fingerprint density at radius 2 is 2.12 bits per heavy atom. The molecule has 3 aromatic rings. The van der Waals surface area contributed by atoms with Crippen molar-refractivity contribution in [2.24, 2.45) is 0 Å². The lowest BCUT2D eigenvalue weighted by Crippen LogP contribution is -2.01. The van der Waals surface area contributed by atoms with E-state index in [1.165, 1.54) is 6.33 Å². The van der Waals surface area contributed by atoms with Crippen molar-refractivity contribution < 1.29 is 0 Å². The molecule has 2 aromatic heterocycles. The lowest BCUT2D eigenvalue weighted by atomic mass is 10.2. The Balaban J connectivity index is 2.31. The number of anilines is 1. The molecule has 0 aliphatic carbocycles. The summed E-state index contributed by atoms with van der Waals surface area (Å²) >= 11 is 3.40. The van der Waals surface area contributed by atoms with Crippen LogP contribution in [0.15, 0.2) is 41.4 Å². The van der Waals surface area contributed by atoms with Gasteiger partial charge >= 0.3 is 0 Å². The van der Waals surface area contributed by atoms with Gasteiger partial charge in [-0.05, 0) is 34.1 Å². The van der Waals surface area contributed by atoms with E-state index >= 15 is 0 Å². The van der Waals surface area contributed by atoms with Crippen LogP contribution in [0, 0.1) is 0 Å². The summed E-state index contributed by atoms with van der Waals surface area (Å²) in [6.07, 6.45) is 4.95. The van der Waals surface area contributed by atoms with Gasteiger partial charge in [-0.15, -0.1) is 0 Å². The minimum Gasteiger partial charge on any atom is -0.399 e. The Morgan fingerprint density at radius 3 is 2.94 bits per heavy atom. The molecule has 0 spiro atoms. The first-order valence-electron chi connectivity index (χ1n) is 4.95. The Hall–Kier alpha value is -1.95. The first-order chi connectivity index (χ1) is 8.25. The Kier molecular flexibility index (Phi) is 2.29. The van der Waals surface area contributed by atoms with Crippen molar-refractivity contribution in [2.45, 2.75) is 0 Å². The fraction of sp³-hybridized carbons (Fsp3) is 0. The number of nitrogens with zero attached hydrogens (tertiary/aromatic N) is 4. The highest BCUT2D eigenvalue weighted by Gasteiger charge is 2.09. The second-order valence-corrected chi connectivity index (χ2v) is 4.42. The number of nitrogens with two attached hydrogens (primary N) is 1. The van der Waals surface area contributed by atoms with Gasteiger partial charge in [-0.25, -0.2) is 14.6 Å². The van der Waals surface area contributed by atoms with Crippen molar-refractivity contribution in [1.82, 2.24) is 19.7 Å². The van der Waals surface area contributed by atoms with Gasteiger partial charge in [0.15, 0.2) is 5.82 Å². The normalized spacial score (nSPS) is 10.9. The van der Waals surface area contributed by atoms with Crippen LogP contribution in [0.2, 0.25) is 0 Å². The summed E-state index contributed by atoms with van der Waals surface area (Å²) in [6.45, 7) is 0. The monoisotopic (exact) mass is 289 g/mol. The van der Waals surface area contributed by atoms with E-state index in [4.69, 9.17) is 5.73 Å². The summed E-state index contributed by atoms with van der Waals surface area (Å²) in [6, 6.07) is 5.66. The fourth-order valence-corrected chi connectivity index (χ4v) is 2.05. The number of fused-ring (bicyclic) bond motifs is 1. The largest absolute Gasteiger partial charge is 0.399 e. The summed E-state index contributed by atoms with van der Waals surface area (Å²) in [5.74, 6) is 0.695. The Morgan fingerprint density at radius 1 is 1.24 bits per heavy atom. The smallest absolute Gasteiger partial charge is 0.171 e. The van der Waals surface area contributed by atoms with Gasteiger partial charge in [0.2, 0.25) is 0 Å². The first-order valence-corrected chi connectivity index (χ1v) is 5.74. The average Bonchev–Trinajstić information content (AvgIpc) is 2.72.